The maximum atomic E-state index is 6.25. The summed E-state index contributed by atoms with van der Waals surface area (Å²) in [4.78, 5) is 1.49. The highest BCUT2D eigenvalue weighted by atomic mass is 35.5. The third kappa shape index (κ3) is 2.90. The third-order valence-corrected chi connectivity index (χ3v) is 4.16. The van der Waals surface area contributed by atoms with Crippen LogP contribution in [0.25, 0.3) is 11.4 Å². The Kier molecular flexibility index (Phi) is 4.00. The lowest BCUT2D eigenvalue weighted by atomic mass is 10.2. The summed E-state index contributed by atoms with van der Waals surface area (Å²) in [5.41, 5.74) is 1.64. The van der Waals surface area contributed by atoms with Crippen molar-refractivity contribution in [2.45, 2.75) is 6.54 Å². The Hall–Kier alpha value is -2.31. The first-order valence-electron chi connectivity index (χ1n) is 7.31. The molecule has 2 aromatic carbocycles. The quantitative estimate of drug-likeness (QED) is 0.713. The van der Waals surface area contributed by atoms with Crippen LogP contribution < -0.4 is 9.47 Å². The molecule has 8 heteroatoms. The van der Waals surface area contributed by atoms with Gasteiger partial charge < -0.3 is 9.47 Å². The second-order valence-corrected chi connectivity index (χ2v) is 6.04. The smallest absolute Gasteiger partial charge is 0.206 e. The maximum Gasteiger partial charge on any atom is 0.206 e. The summed E-state index contributed by atoms with van der Waals surface area (Å²) < 4.78 is 11.1. The zero-order valence-electron chi connectivity index (χ0n) is 12.4. The standard InChI is InChI=1S/C16H12Cl2N4O2/c17-12-4-2-1-3-11(12)16-19-21-22(20-16)9-10-7-13(18)15-14(8-10)23-5-6-24-15/h1-4,7-8H,5-6,9H2. The summed E-state index contributed by atoms with van der Waals surface area (Å²) in [5.74, 6) is 1.69. The van der Waals surface area contributed by atoms with Crippen molar-refractivity contribution in [1.82, 2.24) is 20.2 Å². The van der Waals surface area contributed by atoms with Gasteiger partial charge in [-0.05, 0) is 35.0 Å². The number of rotatable bonds is 3. The lowest BCUT2D eigenvalue weighted by molar-refractivity contribution is 0.171. The Morgan fingerprint density at radius 2 is 1.88 bits per heavy atom. The zero-order valence-corrected chi connectivity index (χ0v) is 14.0. The second-order valence-electron chi connectivity index (χ2n) is 5.23. The van der Waals surface area contributed by atoms with Crippen LogP contribution >= 0.6 is 23.2 Å². The van der Waals surface area contributed by atoms with Crippen molar-refractivity contribution in [3.05, 3.63) is 52.0 Å². The number of tetrazole rings is 1. The van der Waals surface area contributed by atoms with Gasteiger partial charge in [0.15, 0.2) is 11.5 Å². The molecule has 1 aliphatic heterocycles. The highest BCUT2D eigenvalue weighted by Crippen LogP contribution is 2.38. The molecule has 122 valence electrons. The normalized spacial score (nSPS) is 13.1. The average Bonchev–Trinajstić information content (AvgIpc) is 3.03. The van der Waals surface area contributed by atoms with Crippen LogP contribution in [0.1, 0.15) is 5.56 Å². The summed E-state index contributed by atoms with van der Waals surface area (Å²) in [6.07, 6.45) is 0. The maximum absolute atomic E-state index is 6.25. The fraction of sp³-hybridized carbons (Fsp3) is 0.188. The summed E-state index contributed by atoms with van der Waals surface area (Å²) in [7, 11) is 0. The SMILES string of the molecule is Clc1ccccc1-c1nnn(Cc2cc(Cl)c3c(c2)OCCO3)n1. The van der Waals surface area contributed by atoms with Gasteiger partial charge >= 0.3 is 0 Å². The van der Waals surface area contributed by atoms with E-state index in [1.165, 1.54) is 4.80 Å². The molecule has 1 aliphatic rings. The molecule has 0 bridgehead atoms. The van der Waals surface area contributed by atoms with E-state index in [9.17, 15) is 0 Å². The predicted octanol–water partition coefficient (Wildman–Crippen LogP) is 3.47. The molecule has 24 heavy (non-hydrogen) atoms. The van der Waals surface area contributed by atoms with Gasteiger partial charge in [0.05, 0.1) is 16.6 Å². The van der Waals surface area contributed by atoms with E-state index in [4.69, 9.17) is 32.7 Å². The summed E-state index contributed by atoms with van der Waals surface area (Å²) in [6.45, 7) is 1.41. The van der Waals surface area contributed by atoms with Crippen molar-refractivity contribution in [3.63, 3.8) is 0 Å². The van der Waals surface area contributed by atoms with E-state index < -0.39 is 0 Å². The highest BCUT2D eigenvalue weighted by Gasteiger charge is 2.17. The predicted molar refractivity (Wildman–Crippen MR) is 89.8 cm³/mol. The van der Waals surface area contributed by atoms with E-state index in [1.807, 2.05) is 30.3 Å². The number of fused-ring (bicyclic) bond motifs is 1. The average molecular weight is 363 g/mol. The molecule has 0 amide bonds. The van der Waals surface area contributed by atoms with Crippen molar-refractivity contribution in [2.75, 3.05) is 13.2 Å². The number of halogens is 2. The Balaban J connectivity index is 1.61. The molecular formula is C16H12Cl2N4O2. The minimum Gasteiger partial charge on any atom is -0.486 e. The molecule has 2 heterocycles. The molecule has 4 rings (SSSR count). The number of ether oxygens (including phenoxy) is 2. The van der Waals surface area contributed by atoms with Crippen molar-refractivity contribution < 1.29 is 9.47 Å². The number of hydrogen-bond acceptors (Lipinski definition) is 5. The summed E-state index contributed by atoms with van der Waals surface area (Å²) >= 11 is 12.4. The van der Waals surface area contributed by atoms with Crippen LogP contribution in [-0.4, -0.2) is 33.4 Å². The van der Waals surface area contributed by atoms with Gasteiger partial charge in [-0.3, -0.25) is 0 Å². The molecule has 1 aromatic heterocycles. The van der Waals surface area contributed by atoms with Crippen molar-refractivity contribution in [3.8, 4) is 22.9 Å². The van der Waals surface area contributed by atoms with Gasteiger partial charge in [-0.15, -0.1) is 10.2 Å². The lowest BCUT2D eigenvalue weighted by Crippen LogP contribution is -2.16. The number of nitrogens with zero attached hydrogens (tertiary/aromatic N) is 4. The number of hydrogen-bond donors (Lipinski definition) is 0. The van der Waals surface area contributed by atoms with E-state index in [0.29, 0.717) is 47.1 Å². The number of aromatic nitrogens is 4. The molecule has 0 aliphatic carbocycles. The molecule has 6 nitrogen and oxygen atoms in total. The van der Waals surface area contributed by atoms with Crippen LogP contribution in [0.15, 0.2) is 36.4 Å². The molecule has 0 spiro atoms. The first kappa shape index (κ1) is 15.2. The second kappa shape index (κ2) is 6.30. The fourth-order valence-electron chi connectivity index (χ4n) is 2.48. The third-order valence-electron chi connectivity index (χ3n) is 3.55. The van der Waals surface area contributed by atoms with Crippen LogP contribution in [0.5, 0.6) is 11.5 Å². The Morgan fingerprint density at radius 1 is 1.04 bits per heavy atom. The lowest BCUT2D eigenvalue weighted by Gasteiger charge is -2.20. The van der Waals surface area contributed by atoms with Crippen LogP contribution in [0.3, 0.4) is 0 Å². The van der Waals surface area contributed by atoms with Crippen LogP contribution in [0, 0.1) is 0 Å². The zero-order chi connectivity index (χ0) is 16.5. The van der Waals surface area contributed by atoms with Crippen LogP contribution in [0.2, 0.25) is 10.0 Å². The minimum atomic E-state index is 0.411. The largest absolute Gasteiger partial charge is 0.486 e. The molecule has 0 saturated heterocycles. The van der Waals surface area contributed by atoms with E-state index >= 15 is 0 Å². The first-order chi connectivity index (χ1) is 11.7. The summed E-state index contributed by atoms with van der Waals surface area (Å²) in [6, 6.07) is 11.1. The van der Waals surface area contributed by atoms with Gasteiger partial charge in [0.25, 0.3) is 0 Å². The molecule has 0 fully saturated rings. The van der Waals surface area contributed by atoms with Crippen LogP contribution in [-0.2, 0) is 6.54 Å². The Morgan fingerprint density at radius 3 is 2.75 bits per heavy atom. The highest BCUT2D eigenvalue weighted by molar-refractivity contribution is 6.33. The Bertz CT molecular complexity index is 898. The van der Waals surface area contributed by atoms with E-state index in [-0.39, 0.29) is 0 Å². The Labute approximate surface area is 147 Å². The minimum absolute atomic E-state index is 0.411. The topological polar surface area (TPSA) is 62.1 Å². The molecule has 0 atom stereocenters. The van der Waals surface area contributed by atoms with Gasteiger partial charge in [0.1, 0.15) is 13.2 Å². The summed E-state index contributed by atoms with van der Waals surface area (Å²) in [5, 5.41) is 13.6. The van der Waals surface area contributed by atoms with Crippen LogP contribution in [0.4, 0.5) is 0 Å². The molecule has 3 aromatic rings. The van der Waals surface area contributed by atoms with E-state index in [1.54, 1.807) is 6.07 Å². The van der Waals surface area contributed by atoms with Gasteiger partial charge in [0, 0.05) is 5.56 Å². The molecule has 0 N–H and O–H groups in total. The molecular weight excluding hydrogens is 351 g/mol. The van der Waals surface area contributed by atoms with Crippen molar-refractivity contribution >= 4 is 23.2 Å². The van der Waals surface area contributed by atoms with E-state index in [2.05, 4.69) is 15.4 Å². The van der Waals surface area contributed by atoms with E-state index in [0.717, 1.165) is 11.1 Å². The van der Waals surface area contributed by atoms with Gasteiger partial charge in [0.2, 0.25) is 5.82 Å². The van der Waals surface area contributed by atoms with Crippen molar-refractivity contribution in [1.29, 1.82) is 0 Å². The molecule has 0 radical (unpaired) electrons. The van der Waals surface area contributed by atoms with Gasteiger partial charge in [-0.1, -0.05) is 35.3 Å². The molecule has 0 saturated carbocycles. The fourth-order valence-corrected chi connectivity index (χ4v) is 2.99. The number of benzene rings is 2. The monoisotopic (exact) mass is 362 g/mol. The van der Waals surface area contributed by atoms with Gasteiger partial charge in [-0.25, -0.2) is 0 Å². The molecule has 0 unspecified atom stereocenters. The first-order valence-corrected chi connectivity index (χ1v) is 8.07. The van der Waals surface area contributed by atoms with Crippen molar-refractivity contribution in [2.24, 2.45) is 0 Å². The van der Waals surface area contributed by atoms with Gasteiger partial charge in [-0.2, -0.15) is 4.80 Å².